The van der Waals surface area contributed by atoms with Crippen molar-refractivity contribution in [3.8, 4) is 5.75 Å². The minimum atomic E-state index is -0.770. The third-order valence-electron chi connectivity index (χ3n) is 6.11. The number of aromatic nitrogens is 2. The summed E-state index contributed by atoms with van der Waals surface area (Å²) < 4.78 is 20.1. The molecule has 0 aliphatic carbocycles. The molecule has 1 aromatic heterocycles. The van der Waals surface area contributed by atoms with E-state index in [2.05, 4.69) is 15.0 Å². The van der Waals surface area contributed by atoms with Gasteiger partial charge in [0, 0.05) is 38.1 Å². The summed E-state index contributed by atoms with van der Waals surface area (Å²) in [7, 11) is 2.85. The molecule has 1 fully saturated rings. The van der Waals surface area contributed by atoms with Gasteiger partial charge in [-0.3, -0.25) is 4.79 Å². The zero-order chi connectivity index (χ0) is 28.2. The highest BCUT2D eigenvalue weighted by molar-refractivity contribution is 5.99. The van der Waals surface area contributed by atoms with Gasteiger partial charge in [-0.1, -0.05) is 36.4 Å². The smallest absolute Gasteiger partial charge is 0.497 e. The highest BCUT2D eigenvalue weighted by Gasteiger charge is 2.23. The van der Waals surface area contributed by atoms with Gasteiger partial charge in [-0.15, -0.1) is 0 Å². The molecule has 1 aliphatic heterocycles. The van der Waals surface area contributed by atoms with Crippen LogP contribution in [0.4, 0.5) is 22.2 Å². The predicted octanol–water partition coefficient (Wildman–Crippen LogP) is 4.05. The predicted molar refractivity (Wildman–Crippen MR) is 150 cm³/mol. The van der Waals surface area contributed by atoms with Crippen molar-refractivity contribution in [3.63, 3.8) is 0 Å². The SMILES string of the molecule is COC(=O)OC/C=C/CN(Cc1ccccc1)C(=O)c1cnc(N2CCOCC2)nc1Nc1ccc(OC)cc1. The summed E-state index contributed by atoms with van der Waals surface area (Å²) in [6.45, 7) is 3.15. The molecular weight excluding hydrogens is 514 g/mol. The van der Waals surface area contributed by atoms with Crippen LogP contribution in [0.1, 0.15) is 15.9 Å². The van der Waals surface area contributed by atoms with E-state index in [0.717, 1.165) is 17.0 Å². The number of morpholine rings is 1. The van der Waals surface area contributed by atoms with Crippen LogP contribution in [0.3, 0.4) is 0 Å². The molecule has 11 nitrogen and oxygen atoms in total. The number of rotatable bonds is 11. The van der Waals surface area contributed by atoms with Crippen molar-refractivity contribution in [2.75, 3.05) is 63.9 Å². The number of nitrogens with zero attached hydrogens (tertiary/aromatic N) is 4. The number of nitrogens with one attached hydrogen (secondary N) is 1. The van der Waals surface area contributed by atoms with Crippen molar-refractivity contribution >= 4 is 29.5 Å². The van der Waals surface area contributed by atoms with Crippen molar-refractivity contribution in [3.05, 3.63) is 84.1 Å². The minimum absolute atomic E-state index is 0.0294. The van der Waals surface area contributed by atoms with Crippen molar-refractivity contribution in [2.24, 2.45) is 0 Å². The van der Waals surface area contributed by atoms with Crippen LogP contribution in [0.2, 0.25) is 0 Å². The summed E-state index contributed by atoms with van der Waals surface area (Å²) in [5, 5.41) is 3.30. The van der Waals surface area contributed by atoms with Gasteiger partial charge in [0.2, 0.25) is 5.95 Å². The Morgan fingerprint density at radius 3 is 2.50 bits per heavy atom. The van der Waals surface area contributed by atoms with Crippen molar-refractivity contribution in [1.82, 2.24) is 14.9 Å². The molecule has 0 spiro atoms. The van der Waals surface area contributed by atoms with E-state index in [9.17, 15) is 9.59 Å². The van der Waals surface area contributed by atoms with E-state index in [4.69, 9.17) is 19.2 Å². The van der Waals surface area contributed by atoms with Gasteiger partial charge in [-0.05, 0) is 35.9 Å². The lowest BCUT2D eigenvalue weighted by Crippen LogP contribution is -2.37. The molecule has 0 unspecified atom stereocenters. The molecule has 4 rings (SSSR count). The van der Waals surface area contributed by atoms with Crippen molar-refractivity contribution < 1.29 is 28.5 Å². The molecule has 2 heterocycles. The maximum absolute atomic E-state index is 14.0. The number of ether oxygens (including phenoxy) is 4. The van der Waals surface area contributed by atoms with Crippen molar-refractivity contribution in [2.45, 2.75) is 6.54 Å². The first kappa shape index (κ1) is 28.4. The third kappa shape index (κ3) is 7.93. The summed E-state index contributed by atoms with van der Waals surface area (Å²) >= 11 is 0. The first-order valence-electron chi connectivity index (χ1n) is 12.9. The minimum Gasteiger partial charge on any atom is -0.497 e. The molecular formula is C29H33N5O6. The summed E-state index contributed by atoms with van der Waals surface area (Å²) in [6, 6.07) is 17.1. The van der Waals surface area contributed by atoms with Gasteiger partial charge >= 0.3 is 6.16 Å². The Kier molecular flexibility index (Phi) is 10.3. The van der Waals surface area contributed by atoms with Crippen LogP contribution in [0.15, 0.2) is 72.9 Å². The van der Waals surface area contributed by atoms with E-state index < -0.39 is 6.16 Å². The first-order chi connectivity index (χ1) is 19.6. The fourth-order valence-corrected chi connectivity index (χ4v) is 3.99. The van der Waals surface area contributed by atoms with Crippen LogP contribution in [0, 0.1) is 0 Å². The second-order valence-electron chi connectivity index (χ2n) is 8.79. The van der Waals surface area contributed by atoms with E-state index in [1.54, 1.807) is 30.4 Å². The standard InChI is InChI=1S/C29H33N5O6/c1-37-24-12-10-23(11-13-24)31-26-25(20-30-28(32-26)33-15-18-39-19-16-33)27(35)34(21-22-8-4-3-5-9-22)14-6-7-17-40-29(36)38-2/h3-13,20H,14-19,21H2,1-2H3,(H,30,31,32)/b7-6+. The molecule has 210 valence electrons. The van der Waals surface area contributed by atoms with Gasteiger partial charge in [0.05, 0.1) is 27.4 Å². The lowest BCUT2D eigenvalue weighted by molar-refractivity contribution is 0.0756. The third-order valence-corrected chi connectivity index (χ3v) is 6.11. The zero-order valence-electron chi connectivity index (χ0n) is 22.6. The molecule has 11 heteroatoms. The van der Waals surface area contributed by atoms with Gasteiger partial charge in [-0.25, -0.2) is 9.78 Å². The van der Waals surface area contributed by atoms with Crippen LogP contribution in [0.5, 0.6) is 5.75 Å². The van der Waals surface area contributed by atoms with Crippen LogP contribution in [0.25, 0.3) is 0 Å². The van der Waals surface area contributed by atoms with Gasteiger partial charge < -0.3 is 34.1 Å². The van der Waals surface area contributed by atoms with E-state index in [1.165, 1.54) is 7.11 Å². The average molecular weight is 548 g/mol. The molecule has 1 N–H and O–H groups in total. The molecule has 0 saturated carbocycles. The second kappa shape index (κ2) is 14.5. The van der Waals surface area contributed by atoms with Gasteiger partial charge in [0.15, 0.2) is 0 Å². The lowest BCUT2D eigenvalue weighted by Gasteiger charge is -2.28. The highest BCUT2D eigenvalue weighted by Crippen LogP contribution is 2.25. The number of anilines is 3. The molecule has 0 atom stereocenters. The average Bonchev–Trinajstić information content (AvgIpc) is 3.01. The summed E-state index contributed by atoms with van der Waals surface area (Å²) in [5.41, 5.74) is 2.03. The molecule has 1 aliphatic rings. The first-order valence-corrected chi connectivity index (χ1v) is 12.9. The zero-order valence-corrected chi connectivity index (χ0v) is 22.6. The Morgan fingerprint density at radius 1 is 1.05 bits per heavy atom. The van der Waals surface area contributed by atoms with Gasteiger partial charge in [0.1, 0.15) is 23.7 Å². The monoisotopic (exact) mass is 547 g/mol. The number of carbonyl (C=O) groups excluding carboxylic acids is 2. The summed E-state index contributed by atoms with van der Waals surface area (Å²) in [4.78, 5) is 38.2. The number of carbonyl (C=O) groups is 2. The van der Waals surface area contributed by atoms with Crippen molar-refractivity contribution in [1.29, 1.82) is 0 Å². The number of benzene rings is 2. The highest BCUT2D eigenvalue weighted by atomic mass is 16.7. The largest absolute Gasteiger partial charge is 0.508 e. The van der Waals surface area contributed by atoms with Gasteiger partial charge in [0.25, 0.3) is 5.91 Å². The quantitative estimate of drug-likeness (QED) is 0.278. The molecule has 3 aromatic rings. The lowest BCUT2D eigenvalue weighted by atomic mass is 10.2. The summed E-state index contributed by atoms with van der Waals surface area (Å²) in [5.74, 6) is 1.37. The van der Waals surface area contributed by atoms with E-state index in [0.29, 0.717) is 50.2 Å². The molecule has 0 bridgehead atoms. The Labute approximate surface area is 233 Å². The van der Waals surface area contributed by atoms with Crippen LogP contribution < -0.4 is 15.0 Å². The number of hydrogen-bond donors (Lipinski definition) is 1. The normalized spacial score (nSPS) is 13.1. The van der Waals surface area contributed by atoms with Crippen LogP contribution >= 0.6 is 0 Å². The van der Waals surface area contributed by atoms with E-state index >= 15 is 0 Å². The Balaban J connectivity index is 1.62. The van der Waals surface area contributed by atoms with Crippen LogP contribution in [-0.2, 0) is 20.8 Å². The van der Waals surface area contributed by atoms with Crippen LogP contribution in [-0.4, -0.2) is 80.6 Å². The summed E-state index contributed by atoms with van der Waals surface area (Å²) in [6.07, 6.45) is 4.22. The van der Waals surface area contributed by atoms with E-state index in [-0.39, 0.29) is 19.1 Å². The maximum Gasteiger partial charge on any atom is 0.508 e. The Morgan fingerprint density at radius 2 is 1.80 bits per heavy atom. The Hall–Kier alpha value is -4.64. The van der Waals surface area contributed by atoms with Gasteiger partial charge in [-0.2, -0.15) is 4.98 Å². The number of hydrogen-bond acceptors (Lipinski definition) is 10. The topological polar surface area (TPSA) is 115 Å². The molecule has 40 heavy (non-hydrogen) atoms. The molecule has 0 radical (unpaired) electrons. The molecule has 1 saturated heterocycles. The Bertz CT molecular complexity index is 1280. The number of amides is 1. The molecule has 2 aromatic carbocycles. The second-order valence-corrected chi connectivity index (χ2v) is 8.79. The fourth-order valence-electron chi connectivity index (χ4n) is 3.99. The van der Waals surface area contributed by atoms with E-state index in [1.807, 2.05) is 59.5 Å². The maximum atomic E-state index is 14.0. The molecule has 1 amide bonds. The fraction of sp³-hybridized carbons (Fsp3) is 0.310. The number of methoxy groups -OCH3 is 2.